The summed E-state index contributed by atoms with van der Waals surface area (Å²) in [5.74, 6) is 0.122. The zero-order valence-corrected chi connectivity index (χ0v) is 14.2. The summed E-state index contributed by atoms with van der Waals surface area (Å²) in [7, 11) is 0. The monoisotopic (exact) mass is 333 g/mol. The second-order valence-electron chi connectivity index (χ2n) is 5.71. The molecule has 0 bridgehead atoms. The van der Waals surface area contributed by atoms with Crippen molar-refractivity contribution in [2.45, 2.75) is 20.4 Å². The van der Waals surface area contributed by atoms with E-state index in [2.05, 4.69) is 25.6 Å². The molecule has 6 nitrogen and oxygen atoms in total. The number of anilines is 2. The van der Waals surface area contributed by atoms with E-state index in [1.54, 1.807) is 18.5 Å². The molecule has 1 aromatic carbocycles. The van der Waals surface area contributed by atoms with Crippen LogP contribution in [0.1, 0.15) is 27.3 Å². The fourth-order valence-electron chi connectivity index (χ4n) is 2.30. The van der Waals surface area contributed by atoms with Crippen LogP contribution >= 0.6 is 0 Å². The molecule has 3 aromatic rings. The number of nitrogens with zero attached hydrogens (tertiary/aromatic N) is 3. The standard InChI is InChI=1S/C19H19N5O/c1-13-6-7-14(2)17(11-13)24-19-21-10-8-16(23-19)18(25)22-12-15-5-3-4-9-20-15/h3-11H,12H2,1-2H3,(H,22,25)(H,21,23,24). The lowest BCUT2D eigenvalue weighted by molar-refractivity contribution is 0.0945. The average Bonchev–Trinajstić information content (AvgIpc) is 2.64. The number of pyridine rings is 1. The van der Waals surface area contributed by atoms with Gasteiger partial charge in [0.2, 0.25) is 5.95 Å². The first kappa shape index (κ1) is 16.6. The van der Waals surface area contributed by atoms with Crippen LogP contribution in [-0.2, 0) is 6.54 Å². The van der Waals surface area contributed by atoms with Gasteiger partial charge in [-0.2, -0.15) is 0 Å². The van der Waals surface area contributed by atoms with Gasteiger partial charge in [0.25, 0.3) is 5.91 Å². The molecule has 0 saturated carbocycles. The highest BCUT2D eigenvalue weighted by Gasteiger charge is 2.09. The number of benzene rings is 1. The summed E-state index contributed by atoms with van der Waals surface area (Å²) in [6.07, 6.45) is 3.26. The zero-order chi connectivity index (χ0) is 17.6. The molecule has 0 spiro atoms. The second-order valence-corrected chi connectivity index (χ2v) is 5.71. The predicted octanol–water partition coefficient (Wildman–Crippen LogP) is 3.16. The highest BCUT2D eigenvalue weighted by molar-refractivity contribution is 5.92. The highest BCUT2D eigenvalue weighted by Crippen LogP contribution is 2.19. The van der Waals surface area contributed by atoms with Crippen LogP contribution in [0.2, 0.25) is 0 Å². The molecule has 0 unspecified atom stereocenters. The first-order chi connectivity index (χ1) is 12.1. The normalized spacial score (nSPS) is 10.3. The van der Waals surface area contributed by atoms with Crippen LogP contribution in [-0.4, -0.2) is 20.9 Å². The molecule has 126 valence electrons. The van der Waals surface area contributed by atoms with Crippen LogP contribution < -0.4 is 10.6 Å². The lowest BCUT2D eigenvalue weighted by Crippen LogP contribution is -2.24. The van der Waals surface area contributed by atoms with E-state index in [1.165, 1.54) is 0 Å². The van der Waals surface area contributed by atoms with Crippen molar-refractivity contribution in [3.8, 4) is 0 Å². The molecule has 0 aliphatic rings. The van der Waals surface area contributed by atoms with E-state index >= 15 is 0 Å². The van der Waals surface area contributed by atoms with E-state index in [4.69, 9.17) is 0 Å². The molecular weight excluding hydrogens is 314 g/mol. The van der Waals surface area contributed by atoms with Gasteiger partial charge < -0.3 is 10.6 Å². The van der Waals surface area contributed by atoms with Crippen LogP contribution in [0.5, 0.6) is 0 Å². The third-order valence-electron chi connectivity index (χ3n) is 3.68. The molecule has 2 aromatic heterocycles. The fourth-order valence-corrected chi connectivity index (χ4v) is 2.30. The third-order valence-corrected chi connectivity index (χ3v) is 3.68. The predicted molar refractivity (Wildman–Crippen MR) is 96.6 cm³/mol. The van der Waals surface area contributed by atoms with Crippen LogP contribution in [0.4, 0.5) is 11.6 Å². The van der Waals surface area contributed by atoms with Gasteiger partial charge in [-0.1, -0.05) is 18.2 Å². The van der Waals surface area contributed by atoms with Crippen LogP contribution in [0.3, 0.4) is 0 Å². The fraction of sp³-hybridized carbons (Fsp3) is 0.158. The van der Waals surface area contributed by atoms with Crippen molar-refractivity contribution in [3.63, 3.8) is 0 Å². The Kier molecular flexibility index (Phi) is 4.99. The smallest absolute Gasteiger partial charge is 0.270 e. The number of hydrogen-bond acceptors (Lipinski definition) is 5. The molecule has 3 rings (SSSR count). The van der Waals surface area contributed by atoms with Gasteiger partial charge in [0.05, 0.1) is 12.2 Å². The molecule has 0 atom stereocenters. The highest BCUT2D eigenvalue weighted by atomic mass is 16.1. The van der Waals surface area contributed by atoms with Crippen molar-refractivity contribution >= 4 is 17.5 Å². The van der Waals surface area contributed by atoms with Gasteiger partial charge in [0, 0.05) is 18.1 Å². The SMILES string of the molecule is Cc1ccc(C)c(Nc2nccc(C(=O)NCc3ccccn3)n2)c1. The number of aryl methyl sites for hydroxylation is 2. The molecule has 0 fully saturated rings. The van der Waals surface area contributed by atoms with E-state index in [-0.39, 0.29) is 5.91 Å². The Morgan fingerprint density at radius 3 is 2.72 bits per heavy atom. The topological polar surface area (TPSA) is 79.8 Å². The zero-order valence-electron chi connectivity index (χ0n) is 14.2. The molecule has 2 heterocycles. The first-order valence-corrected chi connectivity index (χ1v) is 7.97. The number of carbonyl (C=O) groups excluding carboxylic acids is 1. The van der Waals surface area contributed by atoms with Gasteiger partial charge in [-0.3, -0.25) is 9.78 Å². The molecule has 6 heteroatoms. The summed E-state index contributed by atoms with van der Waals surface area (Å²) in [6, 6.07) is 13.2. The van der Waals surface area contributed by atoms with Crippen molar-refractivity contribution in [1.29, 1.82) is 0 Å². The number of aromatic nitrogens is 3. The Bertz CT molecular complexity index is 880. The van der Waals surface area contributed by atoms with E-state index in [0.717, 1.165) is 22.5 Å². The van der Waals surface area contributed by atoms with E-state index in [1.807, 2.05) is 50.2 Å². The largest absolute Gasteiger partial charge is 0.345 e. The molecule has 0 saturated heterocycles. The Balaban J connectivity index is 1.70. The molecule has 25 heavy (non-hydrogen) atoms. The van der Waals surface area contributed by atoms with Gasteiger partial charge in [-0.25, -0.2) is 9.97 Å². The number of carbonyl (C=O) groups is 1. The quantitative estimate of drug-likeness (QED) is 0.750. The molecule has 0 aliphatic carbocycles. The van der Waals surface area contributed by atoms with Gasteiger partial charge in [-0.05, 0) is 49.2 Å². The van der Waals surface area contributed by atoms with Crippen LogP contribution in [0, 0.1) is 13.8 Å². The maximum atomic E-state index is 12.3. The van der Waals surface area contributed by atoms with Gasteiger partial charge in [0.1, 0.15) is 5.69 Å². The Hall–Kier alpha value is -3.28. The maximum absolute atomic E-state index is 12.3. The van der Waals surface area contributed by atoms with Crippen LogP contribution in [0.25, 0.3) is 0 Å². The van der Waals surface area contributed by atoms with Gasteiger partial charge >= 0.3 is 0 Å². The van der Waals surface area contributed by atoms with Crippen molar-refractivity contribution in [1.82, 2.24) is 20.3 Å². The summed E-state index contributed by atoms with van der Waals surface area (Å²) in [5, 5.41) is 5.97. The summed E-state index contributed by atoms with van der Waals surface area (Å²) < 4.78 is 0. The minimum Gasteiger partial charge on any atom is -0.345 e. The second kappa shape index (κ2) is 7.53. The van der Waals surface area contributed by atoms with E-state index in [9.17, 15) is 4.79 Å². The first-order valence-electron chi connectivity index (χ1n) is 7.97. The molecule has 0 aliphatic heterocycles. The molecule has 0 radical (unpaired) electrons. The van der Waals surface area contributed by atoms with Crippen LogP contribution in [0.15, 0.2) is 54.9 Å². The lowest BCUT2D eigenvalue weighted by atomic mass is 10.1. The summed E-state index contributed by atoms with van der Waals surface area (Å²) >= 11 is 0. The lowest BCUT2D eigenvalue weighted by Gasteiger charge is -2.10. The van der Waals surface area contributed by atoms with Gasteiger partial charge in [0.15, 0.2) is 0 Å². The van der Waals surface area contributed by atoms with Gasteiger partial charge in [-0.15, -0.1) is 0 Å². The number of rotatable bonds is 5. The average molecular weight is 333 g/mol. The summed E-state index contributed by atoms with van der Waals surface area (Å²) in [6.45, 7) is 4.38. The number of nitrogens with one attached hydrogen (secondary N) is 2. The Morgan fingerprint density at radius 2 is 1.92 bits per heavy atom. The molecule has 1 amide bonds. The maximum Gasteiger partial charge on any atom is 0.270 e. The van der Waals surface area contributed by atoms with Crippen molar-refractivity contribution in [2.24, 2.45) is 0 Å². The van der Waals surface area contributed by atoms with E-state index in [0.29, 0.717) is 18.2 Å². The van der Waals surface area contributed by atoms with Crippen molar-refractivity contribution in [2.75, 3.05) is 5.32 Å². The van der Waals surface area contributed by atoms with Crippen molar-refractivity contribution < 1.29 is 4.79 Å². The summed E-state index contributed by atoms with van der Waals surface area (Å²) in [4.78, 5) is 25.0. The number of amides is 1. The number of hydrogen-bond donors (Lipinski definition) is 2. The summed E-state index contributed by atoms with van der Waals surface area (Å²) in [5.41, 5.74) is 4.24. The molecular formula is C19H19N5O. The Labute approximate surface area is 146 Å². The molecule has 2 N–H and O–H groups in total. The third kappa shape index (κ3) is 4.38. The minimum absolute atomic E-state index is 0.267. The Morgan fingerprint density at radius 1 is 1.04 bits per heavy atom. The minimum atomic E-state index is -0.267. The van der Waals surface area contributed by atoms with E-state index < -0.39 is 0 Å². The van der Waals surface area contributed by atoms with Crippen molar-refractivity contribution in [3.05, 3.63) is 77.4 Å².